The fourth-order valence-corrected chi connectivity index (χ4v) is 4.87. The SMILES string of the molecule is CCOC(=O)c1oc2ccc(S(=O)(=O)N3CCC(C)(CN)C3)cc2c1C.Cl. The third-order valence-corrected chi connectivity index (χ3v) is 6.86. The first-order chi connectivity index (χ1) is 12.2. The van der Waals surface area contributed by atoms with Crippen molar-refractivity contribution in [3.63, 3.8) is 0 Å². The first-order valence-corrected chi connectivity index (χ1v) is 10.1. The molecule has 0 spiro atoms. The first-order valence-electron chi connectivity index (χ1n) is 8.62. The molecule has 0 aliphatic carbocycles. The van der Waals surface area contributed by atoms with Crippen molar-refractivity contribution in [3.05, 3.63) is 29.5 Å². The normalized spacial score (nSPS) is 20.6. The monoisotopic (exact) mass is 416 g/mol. The molecule has 1 aromatic carbocycles. The Morgan fingerprint density at radius 3 is 2.70 bits per heavy atom. The molecule has 2 aromatic rings. The van der Waals surface area contributed by atoms with E-state index in [1.165, 1.54) is 10.4 Å². The van der Waals surface area contributed by atoms with Crippen LogP contribution in [-0.4, -0.2) is 44.9 Å². The minimum Gasteiger partial charge on any atom is -0.460 e. The van der Waals surface area contributed by atoms with E-state index in [4.69, 9.17) is 14.9 Å². The second-order valence-corrected chi connectivity index (χ2v) is 8.98. The van der Waals surface area contributed by atoms with Gasteiger partial charge in [0.25, 0.3) is 0 Å². The van der Waals surface area contributed by atoms with E-state index in [2.05, 4.69) is 0 Å². The average molecular weight is 417 g/mol. The zero-order chi connectivity index (χ0) is 19.1. The quantitative estimate of drug-likeness (QED) is 0.751. The van der Waals surface area contributed by atoms with Gasteiger partial charge in [0.05, 0.1) is 11.5 Å². The van der Waals surface area contributed by atoms with Crippen LogP contribution < -0.4 is 5.73 Å². The van der Waals surface area contributed by atoms with Crippen LogP contribution in [0.3, 0.4) is 0 Å². The number of furan rings is 1. The lowest BCUT2D eigenvalue weighted by atomic mass is 9.90. The standard InChI is InChI=1S/C18H24N2O5S.ClH/c1-4-24-17(21)16-12(2)14-9-13(5-6-15(14)25-16)26(22,23)20-8-7-18(3,10-19)11-20;/h5-6,9H,4,7-8,10-11,19H2,1-3H3;1H. The molecule has 0 bridgehead atoms. The van der Waals surface area contributed by atoms with Crippen molar-refractivity contribution in [3.8, 4) is 0 Å². The summed E-state index contributed by atoms with van der Waals surface area (Å²) < 4.78 is 38.0. The van der Waals surface area contributed by atoms with Gasteiger partial charge in [-0.2, -0.15) is 4.31 Å². The predicted octanol–water partition coefficient (Wildman–Crippen LogP) is 2.70. The molecular weight excluding hydrogens is 392 g/mol. The molecule has 1 fully saturated rings. The summed E-state index contributed by atoms with van der Waals surface area (Å²) >= 11 is 0. The second kappa shape index (κ2) is 7.79. The summed E-state index contributed by atoms with van der Waals surface area (Å²) in [5.74, 6) is -0.447. The van der Waals surface area contributed by atoms with Gasteiger partial charge < -0.3 is 14.9 Å². The number of halogens is 1. The number of aryl methyl sites for hydroxylation is 1. The maximum Gasteiger partial charge on any atom is 0.374 e. The highest BCUT2D eigenvalue weighted by atomic mass is 35.5. The molecule has 0 saturated carbocycles. The van der Waals surface area contributed by atoms with E-state index < -0.39 is 16.0 Å². The van der Waals surface area contributed by atoms with Crippen molar-refractivity contribution < 1.29 is 22.4 Å². The maximum atomic E-state index is 13.0. The molecule has 2 N–H and O–H groups in total. The van der Waals surface area contributed by atoms with E-state index in [1.807, 2.05) is 6.92 Å². The Kier molecular flexibility index (Phi) is 6.26. The van der Waals surface area contributed by atoms with Crippen LogP contribution in [0.15, 0.2) is 27.5 Å². The lowest BCUT2D eigenvalue weighted by Gasteiger charge is -2.22. The van der Waals surface area contributed by atoms with Gasteiger partial charge in [-0.3, -0.25) is 0 Å². The summed E-state index contributed by atoms with van der Waals surface area (Å²) in [6.07, 6.45) is 0.739. The molecule has 1 atom stereocenters. The number of sulfonamides is 1. The summed E-state index contributed by atoms with van der Waals surface area (Å²) in [6, 6.07) is 4.65. The zero-order valence-corrected chi connectivity index (χ0v) is 17.3. The van der Waals surface area contributed by atoms with E-state index >= 15 is 0 Å². The molecular formula is C18H25ClN2O5S. The molecule has 0 amide bonds. The molecule has 27 heavy (non-hydrogen) atoms. The Morgan fingerprint density at radius 1 is 1.41 bits per heavy atom. The highest BCUT2D eigenvalue weighted by Gasteiger charge is 2.39. The number of nitrogens with zero attached hydrogens (tertiary/aromatic N) is 1. The lowest BCUT2D eigenvalue weighted by Crippen LogP contribution is -2.34. The lowest BCUT2D eigenvalue weighted by molar-refractivity contribution is 0.0491. The van der Waals surface area contributed by atoms with E-state index in [0.717, 1.165) is 6.42 Å². The number of benzene rings is 1. The number of carbonyl (C=O) groups is 1. The zero-order valence-electron chi connectivity index (χ0n) is 15.6. The minimum absolute atomic E-state index is 0. The number of ether oxygens (including phenoxy) is 1. The van der Waals surface area contributed by atoms with Gasteiger partial charge >= 0.3 is 5.97 Å². The Hall–Kier alpha value is -1.61. The van der Waals surface area contributed by atoms with E-state index in [9.17, 15) is 13.2 Å². The minimum atomic E-state index is -3.63. The smallest absolute Gasteiger partial charge is 0.374 e. The summed E-state index contributed by atoms with van der Waals surface area (Å²) in [5.41, 5.74) is 6.62. The van der Waals surface area contributed by atoms with Crippen LogP contribution in [0.4, 0.5) is 0 Å². The Bertz CT molecular complexity index is 956. The van der Waals surface area contributed by atoms with E-state index in [1.54, 1.807) is 26.0 Å². The third kappa shape index (κ3) is 3.85. The van der Waals surface area contributed by atoms with Gasteiger partial charge in [-0.1, -0.05) is 6.92 Å². The predicted molar refractivity (Wildman–Crippen MR) is 105 cm³/mol. The van der Waals surface area contributed by atoms with Crippen molar-refractivity contribution in [2.24, 2.45) is 11.1 Å². The molecule has 0 radical (unpaired) electrons. The number of esters is 1. The molecule has 3 rings (SSSR count). The first kappa shape index (κ1) is 21.7. The highest BCUT2D eigenvalue weighted by Crippen LogP contribution is 2.34. The number of hydrogen-bond donors (Lipinski definition) is 1. The number of fused-ring (bicyclic) bond motifs is 1. The Labute approximate surface area is 165 Å². The number of rotatable bonds is 5. The molecule has 150 valence electrons. The van der Waals surface area contributed by atoms with Crippen LogP contribution in [0.5, 0.6) is 0 Å². The van der Waals surface area contributed by atoms with Gasteiger partial charge in [0.1, 0.15) is 5.58 Å². The third-order valence-electron chi connectivity index (χ3n) is 5.02. The topological polar surface area (TPSA) is 103 Å². The molecule has 1 saturated heterocycles. The van der Waals surface area contributed by atoms with E-state index in [-0.39, 0.29) is 35.1 Å². The van der Waals surface area contributed by atoms with Crippen molar-refractivity contribution in [2.45, 2.75) is 32.1 Å². The van der Waals surface area contributed by atoms with Gasteiger partial charge in [-0.15, -0.1) is 12.4 Å². The fraction of sp³-hybridized carbons (Fsp3) is 0.500. The molecule has 1 aliphatic heterocycles. The van der Waals surface area contributed by atoms with Crippen molar-refractivity contribution >= 4 is 39.4 Å². The van der Waals surface area contributed by atoms with Crippen LogP contribution in [0.1, 0.15) is 36.4 Å². The van der Waals surface area contributed by atoms with Crippen LogP contribution >= 0.6 is 12.4 Å². The largest absolute Gasteiger partial charge is 0.460 e. The summed E-state index contributed by atoms with van der Waals surface area (Å²) in [4.78, 5) is 12.2. The fourth-order valence-electron chi connectivity index (χ4n) is 3.25. The van der Waals surface area contributed by atoms with Crippen LogP contribution in [0, 0.1) is 12.3 Å². The summed E-state index contributed by atoms with van der Waals surface area (Å²) in [7, 11) is -3.63. The van der Waals surface area contributed by atoms with Crippen molar-refractivity contribution in [1.29, 1.82) is 0 Å². The summed E-state index contributed by atoms with van der Waals surface area (Å²) in [5, 5.41) is 0.593. The molecule has 1 unspecified atom stereocenters. The number of carbonyl (C=O) groups excluding carboxylic acids is 1. The van der Waals surface area contributed by atoms with Gasteiger partial charge in [0.15, 0.2) is 0 Å². The second-order valence-electron chi connectivity index (χ2n) is 7.04. The maximum absolute atomic E-state index is 13.0. The van der Waals surface area contributed by atoms with Crippen molar-refractivity contribution in [1.82, 2.24) is 4.31 Å². The average Bonchev–Trinajstić information content (AvgIpc) is 3.17. The van der Waals surface area contributed by atoms with Gasteiger partial charge in [-0.25, -0.2) is 13.2 Å². The van der Waals surface area contributed by atoms with Gasteiger partial charge in [0.2, 0.25) is 15.8 Å². The van der Waals surface area contributed by atoms with Crippen LogP contribution in [0.2, 0.25) is 0 Å². The highest BCUT2D eigenvalue weighted by molar-refractivity contribution is 7.89. The van der Waals surface area contributed by atoms with Crippen LogP contribution in [0.25, 0.3) is 11.0 Å². The Balaban J connectivity index is 0.00000261. The Morgan fingerprint density at radius 2 is 2.11 bits per heavy atom. The molecule has 2 heterocycles. The molecule has 1 aliphatic rings. The van der Waals surface area contributed by atoms with Gasteiger partial charge in [0, 0.05) is 24.0 Å². The molecule has 7 nitrogen and oxygen atoms in total. The summed E-state index contributed by atoms with van der Waals surface area (Å²) in [6.45, 7) is 6.97. The van der Waals surface area contributed by atoms with E-state index in [0.29, 0.717) is 36.2 Å². The number of hydrogen-bond acceptors (Lipinski definition) is 6. The van der Waals surface area contributed by atoms with Crippen LogP contribution in [-0.2, 0) is 14.8 Å². The molecule has 1 aromatic heterocycles. The van der Waals surface area contributed by atoms with Gasteiger partial charge in [-0.05, 0) is 50.4 Å². The molecule has 9 heteroatoms. The number of nitrogens with two attached hydrogens (primary N) is 1. The van der Waals surface area contributed by atoms with Crippen molar-refractivity contribution in [2.75, 3.05) is 26.2 Å².